The maximum Gasteiger partial charge on any atom is 0.410 e. The number of carbonyl (C=O) groups excluding carboxylic acids is 4. The summed E-state index contributed by atoms with van der Waals surface area (Å²) in [6.45, 7) is 7.38. The SMILES string of the molecule is COc1ccc2c(O[C@@H]3C[C@H]4C(=O)N[C@]5(C(=O)NS(=O)(=O)C6(C)CC6)C[C@H]5/C=C\CC[C@@H](C)C[C@@H](C)[C@H](N(C)C(=O)OC5(C)CC5)C(=O)N4C3)nc(-c3ccc(F)cc3)cc2c1. The number of ether oxygens (including phenoxy) is 3. The van der Waals surface area contributed by atoms with Crippen LogP contribution in [0.5, 0.6) is 11.6 Å². The van der Waals surface area contributed by atoms with Gasteiger partial charge >= 0.3 is 6.09 Å². The van der Waals surface area contributed by atoms with Crippen LogP contribution in [0.15, 0.2) is 60.7 Å². The molecule has 3 saturated carbocycles. The lowest BCUT2D eigenvalue weighted by molar-refractivity contribution is -0.144. The quantitative estimate of drug-likeness (QED) is 0.233. The van der Waals surface area contributed by atoms with Gasteiger partial charge in [0.1, 0.15) is 40.9 Å². The highest BCUT2D eigenvalue weighted by molar-refractivity contribution is 7.91. The molecule has 14 nitrogen and oxygen atoms in total. The van der Waals surface area contributed by atoms with Crippen molar-refractivity contribution >= 4 is 44.6 Å². The molecule has 2 N–H and O–H groups in total. The van der Waals surface area contributed by atoms with E-state index < -0.39 is 79.6 Å². The molecular formula is C46H56FN5O9S. The zero-order chi connectivity index (χ0) is 44.4. The molecule has 2 aliphatic heterocycles. The van der Waals surface area contributed by atoms with Gasteiger partial charge in [-0.2, -0.15) is 0 Å². The van der Waals surface area contributed by atoms with Crippen molar-refractivity contribution in [3.63, 3.8) is 0 Å². The second-order valence-electron chi connectivity index (χ2n) is 18.7. The maximum atomic E-state index is 15.2. The van der Waals surface area contributed by atoms with Crippen molar-refractivity contribution in [1.82, 2.24) is 24.8 Å². The molecule has 3 heterocycles. The van der Waals surface area contributed by atoms with Crippen LogP contribution in [0.3, 0.4) is 0 Å². The normalized spacial score (nSPS) is 29.4. The fraction of sp³-hybridized carbons (Fsp3) is 0.543. The third-order valence-electron chi connectivity index (χ3n) is 13.6. The molecule has 0 spiro atoms. The van der Waals surface area contributed by atoms with Gasteiger partial charge in [-0.3, -0.25) is 24.0 Å². The molecule has 2 aromatic carbocycles. The van der Waals surface area contributed by atoms with Gasteiger partial charge in [-0.25, -0.2) is 22.6 Å². The predicted molar refractivity (Wildman–Crippen MR) is 229 cm³/mol. The first-order chi connectivity index (χ1) is 29.3. The van der Waals surface area contributed by atoms with Gasteiger partial charge in [0.15, 0.2) is 0 Å². The number of hydrogen-bond donors (Lipinski definition) is 2. The number of halogens is 1. The number of sulfonamides is 1. The van der Waals surface area contributed by atoms with Gasteiger partial charge in [-0.15, -0.1) is 0 Å². The van der Waals surface area contributed by atoms with Gasteiger partial charge in [0.2, 0.25) is 27.7 Å². The first-order valence-electron chi connectivity index (χ1n) is 21.6. The van der Waals surface area contributed by atoms with Crippen molar-refractivity contribution in [2.24, 2.45) is 17.8 Å². The zero-order valence-corrected chi connectivity index (χ0v) is 36.9. The summed E-state index contributed by atoms with van der Waals surface area (Å²) < 4.78 is 59.9. The van der Waals surface area contributed by atoms with Crippen molar-refractivity contribution in [1.29, 1.82) is 0 Å². The average molecular weight is 874 g/mol. The molecule has 4 amide bonds. The van der Waals surface area contributed by atoms with Gasteiger partial charge in [-0.1, -0.05) is 26.0 Å². The highest BCUT2D eigenvalue weighted by Gasteiger charge is 2.63. The lowest BCUT2D eigenvalue weighted by Gasteiger charge is -2.37. The Morgan fingerprint density at radius 2 is 1.74 bits per heavy atom. The Balaban J connectivity index is 1.17. The molecule has 7 atom stereocenters. The summed E-state index contributed by atoms with van der Waals surface area (Å²) in [4.78, 5) is 65.5. The smallest absolute Gasteiger partial charge is 0.410 e. The summed E-state index contributed by atoms with van der Waals surface area (Å²) in [6, 6.07) is 10.9. The second kappa shape index (κ2) is 16.1. The summed E-state index contributed by atoms with van der Waals surface area (Å²) in [5, 5.41) is 4.28. The summed E-state index contributed by atoms with van der Waals surface area (Å²) in [6.07, 6.45) is 6.82. The number of hydrogen-bond acceptors (Lipinski definition) is 10. The lowest BCUT2D eigenvalue weighted by Crippen LogP contribution is -2.59. The summed E-state index contributed by atoms with van der Waals surface area (Å²) in [7, 11) is -0.932. The van der Waals surface area contributed by atoms with Gasteiger partial charge in [0.05, 0.1) is 24.1 Å². The summed E-state index contributed by atoms with van der Waals surface area (Å²) in [5.41, 5.74) is -1.05. The van der Waals surface area contributed by atoms with Gasteiger partial charge in [-0.05, 0) is 131 Å². The topological polar surface area (TPSA) is 174 Å². The Hall–Kier alpha value is -5.25. The zero-order valence-electron chi connectivity index (χ0n) is 36.1. The van der Waals surface area contributed by atoms with Crippen molar-refractivity contribution < 1.29 is 46.2 Å². The fourth-order valence-corrected chi connectivity index (χ4v) is 10.3. The van der Waals surface area contributed by atoms with E-state index in [0.717, 1.165) is 11.8 Å². The van der Waals surface area contributed by atoms with E-state index in [4.69, 9.17) is 19.2 Å². The number of carbonyl (C=O) groups is 4. The summed E-state index contributed by atoms with van der Waals surface area (Å²) >= 11 is 0. The van der Waals surface area contributed by atoms with Gasteiger partial charge in [0.25, 0.3) is 5.91 Å². The number of methoxy groups -OCH3 is 1. The molecule has 332 valence electrons. The lowest BCUT2D eigenvalue weighted by atomic mass is 9.87. The van der Waals surface area contributed by atoms with Gasteiger partial charge < -0.3 is 24.4 Å². The molecule has 16 heteroatoms. The fourth-order valence-electron chi connectivity index (χ4n) is 8.95. The number of nitrogens with zero attached hydrogens (tertiary/aromatic N) is 3. The third kappa shape index (κ3) is 8.58. The number of likely N-dealkylation sites (N-methyl/N-ethyl adjacent to an activating group) is 1. The number of fused-ring (bicyclic) bond motifs is 3. The predicted octanol–water partition coefficient (Wildman–Crippen LogP) is 6.27. The number of amides is 4. The number of nitrogens with one attached hydrogen (secondary N) is 2. The van der Waals surface area contributed by atoms with Crippen LogP contribution in [0.1, 0.15) is 85.5 Å². The highest BCUT2D eigenvalue weighted by atomic mass is 32.2. The molecule has 3 aliphatic carbocycles. The van der Waals surface area contributed by atoms with Crippen LogP contribution in [0.2, 0.25) is 0 Å². The van der Waals surface area contributed by atoms with Gasteiger partial charge in [0, 0.05) is 30.3 Å². The summed E-state index contributed by atoms with van der Waals surface area (Å²) in [5.74, 6) is -2.26. The monoisotopic (exact) mass is 873 g/mol. The first kappa shape index (κ1) is 43.4. The molecule has 8 rings (SSSR count). The number of aromatic nitrogens is 1. The number of rotatable bonds is 9. The van der Waals surface area contributed by atoms with Crippen molar-refractivity contribution in [3.05, 3.63) is 66.5 Å². The molecule has 0 radical (unpaired) electrons. The van der Waals surface area contributed by atoms with E-state index in [9.17, 15) is 27.2 Å². The average Bonchev–Trinajstić information content (AvgIpc) is 4.19. The molecule has 3 aromatic rings. The maximum absolute atomic E-state index is 15.2. The molecule has 5 aliphatic rings. The van der Waals surface area contributed by atoms with Crippen LogP contribution in [0, 0.1) is 23.6 Å². The Morgan fingerprint density at radius 3 is 2.42 bits per heavy atom. The standard InChI is InChI=1S/C46H56FN5O9S/c1-27-9-7-8-10-31-25-46(31,42(55)50-62(57,58)45(4)19-20-45)49-39(53)37-24-34(26-52(37)41(54)38(28(2)21-27)51(5)43(56)61-44(3)17-18-44)60-40-35-16-15-33(59-6)22-30(35)23-36(48-40)29-11-13-32(47)14-12-29/h8,10-16,22-23,27-28,31,34,37-38H,7,9,17-21,24-26H2,1-6H3,(H,49,53)(H,50,55)/b10-8-/t27-,28-,31-,34-,37+,38+,46-/m1/s1. The Bertz CT molecular complexity index is 2420. The van der Waals surface area contributed by atoms with Crippen molar-refractivity contribution in [2.45, 2.75) is 120 Å². The Kier molecular flexibility index (Phi) is 11.3. The van der Waals surface area contributed by atoms with E-state index >= 15 is 4.79 Å². The molecule has 0 unspecified atom stereocenters. The Labute approximate surface area is 362 Å². The minimum atomic E-state index is -4.04. The highest BCUT2D eigenvalue weighted by Crippen LogP contribution is 2.48. The van der Waals surface area contributed by atoms with E-state index in [1.807, 2.05) is 38.1 Å². The second-order valence-corrected chi connectivity index (χ2v) is 20.9. The van der Waals surface area contributed by atoms with Crippen molar-refractivity contribution in [2.75, 3.05) is 20.7 Å². The van der Waals surface area contributed by atoms with E-state index in [1.165, 1.54) is 21.9 Å². The third-order valence-corrected chi connectivity index (χ3v) is 15.8. The van der Waals surface area contributed by atoms with E-state index in [0.29, 0.717) is 60.9 Å². The number of benzene rings is 2. The minimum absolute atomic E-state index is 0.0179. The van der Waals surface area contributed by atoms with Crippen LogP contribution >= 0.6 is 0 Å². The Morgan fingerprint density at radius 1 is 1.02 bits per heavy atom. The molecular weight excluding hydrogens is 818 g/mol. The molecule has 1 saturated heterocycles. The van der Waals surface area contributed by atoms with E-state index in [1.54, 1.807) is 45.3 Å². The van der Waals surface area contributed by atoms with Crippen LogP contribution in [-0.2, 0) is 29.1 Å². The minimum Gasteiger partial charge on any atom is -0.497 e. The molecule has 0 bridgehead atoms. The number of pyridine rings is 1. The van der Waals surface area contributed by atoms with Crippen LogP contribution in [0.25, 0.3) is 22.0 Å². The van der Waals surface area contributed by atoms with Crippen LogP contribution in [-0.4, -0.2) is 102 Å². The number of allylic oxidation sites excluding steroid dienone is 1. The first-order valence-corrected chi connectivity index (χ1v) is 23.1. The van der Waals surface area contributed by atoms with E-state index in [-0.39, 0.29) is 37.1 Å². The molecule has 1 aromatic heterocycles. The van der Waals surface area contributed by atoms with E-state index in [2.05, 4.69) is 17.0 Å². The molecule has 4 fully saturated rings. The molecule has 62 heavy (non-hydrogen) atoms. The largest absolute Gasteiger partial charge is 0.497 e. The van der Waals surface area contributed by atoms with Crippen LogP contribution < -0.4 is 19.5 Å². The van der Waals surface area contributed by atoms with Crippen molar-refractivity contribution in [3.8, 4) is 22.9 Å². The van der Waals surface area contributed by atoms with Crippen LogP contribution in [0.4, 0.5) is 9.18 Å².